The van der Waals surface area contributed by atoms with Crippen molar-refractivity contribution in [2.45, 2.75) is 165 Å². The second kappa shape index (κ2) is 21.9. The Morgan fingerprint density at radius 2 is 1.02 bits per heavy atom. The number of hydrogen-bond donors (Lipinski definition) is 3. The SMILES string of the molecule is Cc1nc(Nc2ncc3cc(C(=O)N(C)C)n(C4CCCC4)c3n2)ccc1C(=O)N1CC2CC3(C(=O)OC(C)(C)C)CC(C1)N23.Cc1nc(Nc2ncc3cc(C(=O)N(C)C)n(C4CCCC4)c3n2)ccc1C(=O)N1CC2CCCC(C1)N2. The van der Waals surface area contributed by atoms with Crippen LogP contribution in [0.2, 0.25) is 0 Å². The number of anilines is 4. The molecular formula is C61H78N16O6. The minimum absolute atomic E-state index is 0.0323. The zero-order valence-corrected chi connectivity index (χ0v) is 49.4. The maximum Gasteiger partial charge on any atom is 0.327 e. The Hall–Kier alpha value is -7.59. The number of nitrogens with one attached hydrogen (secondary N) is 3. The Balaban J connectivity index is 0.000000166. The van der Waals surface area contributed by atoms with E-state index in [2.05, 4.69) is 49.9 Å². The average molecular weight is 1130 g/mol. The molecule has 83 heavy (non-hydrogen) atoms. The molecule has 7 aliphatic rings. The Morgan fingerprint density at radius 1 is 0.590 bits per heavy atom. The van der Waals surface area contributed by atoms with E-state index >= 15 is 0 Å². The highest BCUT2D eigenvalue weighted by Crippen LogP contribution is 2.55. The molecular weight excluding hydrogens is 1050 g/mol. The number of nitrogens with zero attached hydrogens (tertiary/aromatic N) is 13. The lowest BCUT2D eigenvalue weighted by atomic mass is 9.62. The van der Waals surface area contributed by atoms with Gasteiger partial charge in [-0.2, -0.15) is 9.97 Å². The van der Waals surface area contributed by atoms with Crippen molar-refractivity contribution >= 4 is 75.2 Å². The number of esters is 1. The fraction of sp³-hybridized carbons (Fsp3) is 0.557. The van der Waals surface area contributed by atoms with Crippen LogP contribution in [0.1, 0.15) is 169 Å². The van der Waals surface area contributed by atoms with Crippen LogP contribution in [-0.2, 0) is 9.53 Å². The van der Waals surface area contributed by atoms with Crippen LogP contribution in [0.15, 0.2) is 48.8 Å². The van der Waals surface area contributed by atoms with Crippen LogP contribution in [0.4, 0.5) is 23.5 Å². The number of piperidine rings is 2. The number of pyridine rings is 2. The molecule has 11 heterocycles. The molecule has 4 unspecified atom stereocenters. The quantitative estimate of drug-likeness (QED) is 0.105. The summed E-state index contributed by atoms with van der Waals surface area (Å²) in [5.74, 6) is 1.70. The number of ether oxygens (including phenoxy) is 1. The van der Waals surface area contributed by atoms with Crippen LogP contribution in [0, 0.1) is 13.8 Å². The Morgan fingerprint density at radius 3 is 1.43 bits per heavy atom. The molecule has 3 N–H and O–H groups in total. The molecule has 6 aromatic rings. The summed E-state index contributed by atoms with van der Waals surface area (Å²) in [5.41, 5.74) is 4.24. The number of carbonyl (C=O) groups excluding carboxylic acids is 5. The van der Waals surface area contributed by atoms with Crippen LogP contribution in [0.25, 0.3) is 22.1 Å². The molecule has 0 spiro atoms. The van der Waals surface area contributed by atoms with Crippen molar-refractivity contribution in [2.24, 2.45) is 0 Å². The second-order valence-corrected chi connectivity index (χ2v) is 25.5. The summed E-state index contributed by atoms with van der Waals surface area (Å²) in [6, 6.07) is 12.6. The first-order valence-corrected chi connectivity index (χ1v) is 29.8. The van der Waals surface area contributed by atoms with E-state index in [4.69, 9.17) is 14.7 Å². The molecule has 22 heteroatoms. The van der Waals surface area contributed by atoms with E-state index < -0.39 is 11.1 Å². The van der Waals surface area contributed by atoms with Crippen molar-refractivity contribution < 1.29 is 28.7 Å². The molecule has 13 rings (SSSR count). The van der Waals surface area contributed by atoms with Crippen LogP contribution in [0.3, 0.4) is 0 Å². The van der Waals surface area contributed by atoms with E-state index in [0.717, 1.165) is 112 Å². The largest absolute Gasteiger partial charge is 0.459 e. The molecule has 2 bridgehead atoms. The molecule has 2 aliphatic carbocycles. The van der Waals surface area contributed by atoms with Gasteiger partial charge in [-0.25, -0.2) is 19.9 Å². The fourth-order valence-corrected chi connectivity index (χ4v) is 14.2. The monoisotopic (exact) mass is 1130 g/mol. The summed E-state index contributed by atoms with van der Waals surface area (Å²) in [6.45, 7) is 12.1. The van der Waals surface area contributed by atoms with Crippen LogP contribution >= 0.6 is 0 Å². The molecule has 4 amide bonds. The van der Waals surface area contributed by atoms with E-state index in [9.17, 15) is 24.0 Å². The van der Waals surface area contributed by atoms with Crippen molar-refractivity contribution in [3.8, 4) is 0 Å². The molecule has 438 valence electrons. The highest BCUT2D eigenvalue weighted by molar-refractivity contribution is 5.99. The standard InChI is InChI=1S/C33H42N8O4.C28H36N8O2/c1-19-24(28(42)39-17-22-14-33(15-23(18-39)41(22)33)30(44)45-32(2,3)4)11-12-26(35-19)36-31-34-16-20-13-25(29(43)38(5)6)40(27(20)37-31)21-9-7-8-10-21;1-17-22(26(37)35-15-19-7-6-8-20(16-35)31-19)11-12-24(30-17)32-28-29-14-18-13-23(27(38)34(2)3)36(25(18)33-28)21-9-4-5-10-21/h11-13,16,21-23H,7-10,14-15,17-18H2,1-6H3,(H,34,35,36,37);11-14,19-21,31H,4-10,15-16H2,1-3H3,(H,29,30,32,33). The molecule has 22 nitrogen and oxygen atoms in total. The second-order valence-electron chi connectivity index (χ2n) is 25.5. The van der Waals surface area contributed by atoms with Crippen LogP contribution < -0.4 is 16.0 Å². The van der Waals surface area contributed by atoms with Gasteiger partial charge in [0.1, 0.15) is 45.5 Å². The normalized spacial score (nSPS) is 23.2. The fourth-order valence-electron chi connectivity index (χ4n) is 14.2. The Labute approximate surface area is 484 Å². The summed E-state index contributed by atoms with van der Waals surface area (Å²) in [7, 11) is 7.07. The predicted molar refractivity (Wildman–Crippen MR) is 314 cm³/mol. The Kier molecular flexibility index (Phi) is 14.7. The number of piperazine rings is 2. The molecule has 5 saturated heterocycles. The van der Waals surface area contributed by atoms with Crippen molar-refractivity contribution in [2.75, 3.05) is 65.0 Å². The third kappa shape index (κ3) is 10.6. The first kappa shape index (κ1) is 55.9. The third-order valence-corrected chi connectivity index (χ3v) is 18.0. The zero-order valence-electron chi connectivity index (χ0n) is 49.4. The smallest absolute Gasteiger partial charge is 0.327 e. The number of fused-ring (bicyclic) bond motifs is 4. The maximum atomic E-state index is 13.6. The van der Waals surface area contributed by atoms with Crippen LogP contribution in [0.5, 0.6) is 0 Å². The molecule has 0 aromatic carbocycles. The number of amides is 4. The van der Waals surface area contributed by atoms with Gasteiger partial charge in [-0.1, -0.05) is 32.1 Å². The van der Waals surface area contributed by atoms with Gasteiger partial charge < -0.3 is 49.4 Å². The van der Waals surface area contributed by atoms with Gasteiger partial charge in [-0.15, -0.1) is 0 Å². The number of likely N-dealkylation sites (tertiary alicyclic amines) is 2. The summed E-state index contributed by atoms with van der Waals surface area (Å²) in [4.78, 5) is 103. The number of hydrogen-bond acceptors (Lipinski definition) is 16. The van der Waals surface area contributed by atoms with Gasteiger partial charge in [0.15, 0.2) is 0 Å². The maximum absolute atomic E-state index is 13.6. The average Bonchev–Trinajstić information content (AvgIpc) is 1.44. The summed E-state index contributed by atoms with van der Waals surface area (Å²) in [6.07, 6.45) is 17.1. The molecule has 4 atom stereocenters. The number of aryl methyl sites for hydroxylation is 2. The summed E-state index contributed by atoms with van der Waals surface area (Å²) in [5, 5.41) is 11.7. The highest BCUT2D eigenvalue weighted by Gasteiger charge is 2.70. The number of aromatic nitrogens is 8. The van der Waals surface area contributed by atoms with E-state index in [0.29, 0.717) is 82.6 Å². The molecule has 7 fully saturated rings. The van der Waals surface area contributed by atoms with Gasteiger partial charge in [0, 0.05) is 114 Å². The van der Waals surface area contributed by atoms with Gasteiger partial charge in [-0.3, -0.25) is 28.9 Å². The van der Waals surface area contributed by atoms with Gasteiger partial charge in [0.05, 0.1) is 22.5 Å². The molecule has 2 saturated carbocycles. The van der Waals surface area contributed by atoms with E-state index in [-0.39, 0.29) is 53.8 Å². The molecule has 0 radical (unpaired) electrons. The van der Waals surface area contributed by atoms with Crippen LogP contribution in [-0.4, -0.2) is 183 Å². The van der Waals surface area contributed by atoms with Crippen molar-refractivity contribution in [3.05, 3.63) is 82.7 Å². The lowest BCUT2D eigenvalue weighted by Crippen LogP contribution is -2.87. The summed E-state index contributed by atoms with van der Waals surface area (Å²) < 4.78 is 9.89. The van der Waals surface area contributed by atoms with E-state index in [1.807, 2.05) is 68.7 Å². The minimum Gasteiger partial charge on any atom is -0.459 e. The predicted octanol–water partition coefficient (Wildman–Crippen LogP) is 7.74. The van der Waals surface area contributed by atoms with Gasteiger partial charge >= 0.3 is 5.97 Å². The third-order valence-electron chi connectivity index (χ3n) is 18.0. The van der Waals surface area contributed by atoms with Crippen molar-refractivity contribution in [1.29, 1.82) is 0 Å². The highest BCUT2D eigenvalue weighted by atomic mass is 16.6. The van der Waals surface area contributed by atoms with E-state index in [1.165, 1.54) is 6.42 Å². The first-order chi connectivity index (χ1) is 39.7. The lowest BCUT2D eigenvalue weighted by molar-refractivity contribution is -0.244. The minimum atomic E-state index is -0.513. The van der Waals surface area contributed by atoms with Crippen molar-refractivity contribution in [1.82, 2.24) is 68.9 Å². The summed E-state index contributed by atoms with van der Waals surface area (Å²) >= 11 is 0. The number of carbonyl (C=O) groups is 5. The molecule has 5 aliphatic heterocycles. The lowest BCUT2D eigenvalue weighted by Gasteiger charge is -2.71. The van der Waals surface area contributed by atoms with Gasteiger partial charge in [0.25, 0.3) is 23.6 Å². The van der Waals surface area contributed by atoms with E-state index in [1.54, 1.807) is 62.5 Å². The zero-order chi connectivity index (χ0) is 58.2. The first-order valence-electron chi connectivity index (χ1n) is 29.8. The topological polar surface area (TPSA) is 234 Å². The molecule has 6 aromatic heterocycles. The van der Waals surface area contributed by atoms with Gasteiger partial charge in [-0.05, 0) is 122 Å². The van der Waals surface area contributed by atoms with Crippen molar-refractivity contribution in [3.63, 3.8) is 0 Å². The number of rotatable bonds is 11. The Bertz CT molecular complexity index is 3510. The van der Waals surface area contributed by atoms with Gasteiger partial charge in [0.2, 0.25) is 11.9 Å².